The highest BCUT2D eigenvalue weighted by atomic mass is 16.5. The molecule has 2 rings (SSSR count). The third kappa shape index (κ3) is 4.44. The van der Waals surface area contributed by atoms with Gasteiger partial charge in [0.2, 0.25) is 5.91 Å². The predicted octanol–water partition coefficient (Wildman–Crippen LogP) is 0.0645. The minimum atomic E-state index is -0.833. The van der Waals surface area contributed by atoms with Crippen LogP contribution in [0.3, 0.4) is 0 Å². The molecule has 0 saturated carbocycles. The van der Waals surface area contributed by atoms with Crippen molar-refractivity contribution in [2.24, 2.45) is 0 Å². The summed E-state index contributed by atoms with van der Waals surface area (Å²) in [4.78, 5) is 49.0. The summed E-state index contributed by atoms with van der Waals surface area (Å²) < 4.78 is 5.02. The molecule has 26 heavy (non-hydrogen) atoms. The summed E-state index contributed by atoms with van der Waals surface area (Å²) in [6.45, 7) is 3.62. The number of aromatic amines is 1. The van der Waals surface area contributed by atoms with Gasteiger partial charge in [0, 0.05) is 18.5 Å². The number of fused-ring (bicyclic) bond motifs is 1. The Kier molecular flexibility index (Phi) is 6.42. The molecule has 1 aromatic carbocycles. The number of benzene rings is 1. The molecule has 0 aliphatic rings. The molecule has 0 saturated heterocycles. The number of amides is 2. The third-order valence-corrected chi connectivity index (χ3v) is 3.66. The van der Waals surface area contributed by atoms with Gasteiger partial charge in [-0.15, -0.1) is 0 Å². The first-order valence-electron chi connectivity index (χ1n) is 8.16. The molecule has 0 fully saturated rings. The smallest absolute Gasteiger partial charge is 0.359 e. The standard InChI is InChI=1S/C17H20N4O5/c1-3-18-13(22)9-21(4-2)14(23)10-26-17(25)15-11-7-5-6-8-12(11)16(24)20-19-15/h5-8H,3-4,9-10H2,1-2H3,(H,18,22)(H,20,24). The maximum atomic E-state index is 12.3. The molecule has 2 amide bonds. The molecular weight excluding hydrogens is 340 g/mol. The molecule has 0 aliphatic heterocycles. The second-order valence-corrected chi connectivity index (χ2v) is 5.38. The van der Waals surface area contributed by atoms with E-state index in [1.807, 2.05) is 0 Å². The van der Waals surface area contributed by atoms with Gasteiger partial charge in [-0.1, -0.05) is 18.2 Å². The molecule has 0 bridgehead atoms. The summed E-state index contributed by atoms with van der Waals surface area (Å²) >= 11 is 0. The second kappa shape index (κ2) is 8.75. The van der Waals surface area contributed by atoms with Crippen LogP contribution in [0.25, 0.3) is 10.8 Å². The average molecular weight is 360 g/mol. The maximum Gasteiger partial charge on any atom is 0.359 e. The van der Waals surface area contributed by atoms with E-state index in [0.29, 0.717) is 23.9 Å². The lowest BCUT2D eigenvalue weighted by atomic mass is 10.1. The fraction of sp³-hybridized carbons (Fsp3) is 0.353. The third-order valence-electron chi connectivity index (χ3n) is 3.66. The van der Waals surface area contributed by atoms with Crippen LogP contribution in [0.5, 0.6) is 0 Å². The van der Waals surface area contributed by atoms with E-state index in [9.17, 15) is 19.2 Å². The van der Waals surface area contributed by atoms with Gasteiger partial charge in [-0.2, -0.15) is 5.10 Å². The van der Waals surface area contributed by atoms with Crippen LogP contribution in [0.2, 0.25) is 0 Å². The highest BCUT2D eigenvalue weighted by molar-refractivity contribution is 6.02. The van der Waals surface area contributed by atoms with E-state index in [1.54, 1.807) is 38.1 Å². The van der Waals surface area contributed by atoms with Crippen molar-refractivity contribution in [1.82, 2.24) is 20.4 Å². The molecule has 0 atom stereocenters. The highest BCUT2D eigenvalue weighted by Gasteiger charge is 2.20. The fourth-order valence-corrected chi connectivity index (χ4v) is 2.36. The van der Waals surface area contributed by atoms with Crippen molar-refractivity contribution >= 4 is 28.6 Å². The first-order valence-corrected chi connectivity index (χ1v) is 8.16. The molecule has 0 unspecified atom stereocenters. The normalized spacial score (nSPS) is 10.4. The number of rotatable bonds is 7. The number of hydrogen-bond acceptors (Lipinski definition) is 6. The van der Waals surface area contributed by atoms with Gasteiger partial charge < -0.3 is 15.0 Å². The Morgan fingerprint density at radius 2 is 1.88 bits per heavy atom. The van der Waals surface area contributed by atoms with Crippen LogP contribution in [0, 0.1) is 0 Å². The highest BCUT2D eigenvalue weighted by Crippen LogP contribution is 2.13. The zero-order valence-corrected chi connectivity index (χ0v) is 14.6. The average Bonchev–Trinajstić information content (AvgIpc) is 2.64. The molecular formula is C17H20N4O5. The van der Waals surface area contributed by atoms with Crippen molar-refractivity contribution in [3.05, 3.63) is 40.3 Å². The quantitative estimate of drug-likeness (QED) is 0.674. The summed E-state index contributed by atoms with van der Waals surface area (Å²) in [5.74, 6) is -1.62. The largest absolute Gasteiger partial charge is 0.451 e. The SMILES string of the molecule is CCNC(=O)CN(CC)C(=O)COC(=O)c1n[nH]c(=O)c2ccccc12. The summed E-state index contributed by atoms with van der Waals surface area (Å²) in [5, 5.41) is 9.18. The summed E-state index contributed by atoms with van der Waals surface area (Å²) in [7, 11) is 0. The Balaban J connectivity index is 2.06. The fourth-order valence-electron chi connectivity index (χ4n) is 2.36. The van der Waals surface area contributed by atoms with Gasteiger partial charge in [-0.25, -0.2) is 9.89 Å². The van der Waals surface area contributed by atoms with Crippen molar-refractivity contribution in [3.8, 4) is 0 Å². The van der Waals surface area contributed by atoms with Crippen LogP contribution in [-0.2, 0) is 14.3 Å². The van der Waals surface area contributed by atoms with Crippen molar-refractivity contribution in [2.45, 2.75) is 13.8 Å². The molecule has 0 spiro atoms. The number of nitrogens with zero attached hydrogens (tertiary/aromatic N) is 2. The number of esters is 1. The molecule has 1 heterocycles. The van der Waals surface area contributed by atoms with Gasteiger partial charge in [0.15, 0.2) is 12.3 Å². The summed E-state index contributed by atoms with van der Waals surface area (Å²) in [6.07, 6.45) is 0. The number of likely N-dealkylation sites (N-methyl/N-ethyl adjacent to an activating group) is 2. The molecule has 0 radical (unpaired) electrons. The number of carbonyl (C=O) groups excluding carboxylic acids is 3. The van der Waals surface area contributed by atoms with E-state index in [1.165, 1.54) is 4.90 Å². The van der Waals surface area contributed by atoms with Crippen molar-refractivity contribution in [1.29, 1.82) is 0 Å². The van der Waals surface area contributed by atoms with Crippen LogP contribution in [0.4, 0.5) is 0 Å². The molecule has 1 aromatic heterocycles. The first-order chi connectivity index (χ1) is 12.5. The molecule has 0 aliphatic carbocycles. The Hall–Kier alpha value is -3.23. The van der Waals surface area contributed by atoms with E-state index in [4.69, 9.17) is 4.74 Å². The van der Waals surface area contributed by atoms with E-state index >= 15 is 0 Å². The number of aromatic nitrogens is 2. The Morgan fingerprint density at radius 3 is 2.54 bits per heavy atom. The molecule has 9 nitrogen and oxygen atoms in total. The zero-order chi connectivity index (χ0) is 19.1. The number of nitrogens with one attached hydrogen (secondary N) is 2. The Labute approximate surface area is 149 Å². The van der Waals surface area contributed by atoms with Crippen molar-refractivity contribution in [2.75, 3.05) is 26.2 Å². The lowest BCUT2D eigenvalue weighted by molar-refractivity contribution is -0.138. The molecule has 2 N–H and O–H groups in total. The number of H-pyrrole nitrogens is 1. The first kappa shape index (κ1) is 19.1. The van der Waals surface area contributed by atoms with E-state index in [0.717, 1.165) is 0 Å². The van der Waals surface area contributed by atoms with Crippen LogP contribution in [0.1, 0.15) is 24.3 Å². The molecule has 2 aromatic rings. The lowest BCUT2D eigenvalue weighted by Gasteiger charge is -2.20. The van der Waals surface area contributed by atoms with E-state index in [2.05, 4.69) is 15.5 Å². The minimum Gasteiger partial charge on any atom is -0.451 e. The second-order valence-electron chi connectivity index (χ2n) is 5.38. The topological polar surface area (TPSA) is 121 Å². The van der Waals surface area contributed by atoms with E-state index in [-0.39, 0.29) is 18.1 Å². The van der Waals surface area contributed by atoms with Crippen LogP contribution in [-0.4, -0.2) is 59.1 Å². The van der Waals surface area contributed by atoms with Gasteiger partial charge in [0.05, 0.1) is 11.9 Å². The number of carbonyl (C=O) groups is 3. The van der Waals surface area contributed by atoms with E-state index < -0.39 is 24.0 Å². The zero-order valence-electron chi connectivity index (χ0n) is 14.6. The summed E-state index contributed by atoms with van der Waals surface area (Å²) in [5.41, 5.74) is -0.507. The molecule has 138 valence electrons. The van der Waals surface area contributed by atoms with Gasteiger partial charge in [-0.05, 0) is 19.9 Å². The van der Waals surface area contributed by atoms with Crippen LogP contribution >= 0.6 is 0 Å². The van der Waals surface area contributed by atoms with Gasteiger partial charge >= 0.3 is 5.97 Å². The Bertz CT molecular complexity index is 877. The van der Waals surface area contributed by atoms with Crippen LogP contribution < -0.4 is 10.9 Å². The predicted molar refractivity (Wildman–Crippen MR) is 93.6 cm³/mol. The van der Waals surface area contributed by atoms with Crippen LogP contribution in [0.15, 0.2) is 29.1 Å². The minimum absolute atomic E-state index is 0.0835. The molecule has 9 heteroatoms. The van der Waals surface area contributed by atoms with Gasteiger partial charge in [-0.3, -0.25) is 14.4 Å². The number of hydrogen-bond donors (Lipinski definition) is 2. The monoisotopic (exact) mass is 360 g/mol. The Morgan fingerprint density at radius 1 is 1.19 bits per heavy atom. The summed E-state index contributed by atoms with van der Waals surface area (Å²) in [6, 6.07) is 6.46. The van der Waals surface area contributed by atoms with Crippen molar-refractivity contribution in [3.63, 3.8) is 0 Å². The van der Waals surface area contributed by atoms with Gasteiger partial charge in [0.25, 0.3) is 11.5 Å². The lowest BCUT2D eigenvalue weighted by Crippen LogP contribution is -2.42. The van der Waals surface area contributed by atoms with Gasteiger partial charge in [0.1, 0.15) is 0 Å². The maximum absolute atomic E-state index is 12.3. The van der Waals surface area contributed by atoms with Crippen molar-refractivity contribution < 1.29 is 19.1 Å². The number of ether oxygens (including phenoxy) is 1.